The highest BCUT2D eigenvalue weighted by atomic mass is 32.2. The summed E-state index contributed by atoms with van der Waals surface area (Å²) < 4.78 is 32.4. The molecule has 1 aromatic carbocycles. The van der Waals surface area contributed by atoms with Crippen LogP contribution in [0.2, 0.25) is 0 Å². The van der Waals surface area contributed by atoms with Gasteiger partial charge in [-0.1, -0.05) is 75.8 Å². The van der Waals surface area contributed by atoms with E-state index in [9.17, 15) is 13.0 Å². The van der Waals surface area contributed by atoms with Crippen molar-refractivity contribution in [1.82, 2.24) is 0 Å². The van der Waals surface area contributed by atoms with Crippen molar-refractivity contribution in [1.29, 1.82) is 0 Å². The Hall–Kier alpha value is -1.13. The molecule has 28 heavy (non-hydrogen) atoms. The predicted molar refractivity (Wildman–Crippen MR) is 119 cm³/mol. The highest BCUT2D eigenvalue weighted by Gasteiger charge is 2.14. The molecule has 0 aliphatic carbocycles. The van der Waals surface area contributed by atoms with Gasteiger partial charge in [0.05, 0.1) is 4.90 Å². The van der Waals surface area contributed by atoms with E-state index in [0.717, 1.165) is 36.7 Å². The first-order valence-electron chi connectivity index (χ1n) is 10.8. The largest absolute Gasteiger partial charge is 0.294 e. The molecule has 0 fully saturated rings. The molecule has 0 amide bonds. The van der Waals surface area contributed by atoms with Gasteiger partial charge in [0.25, 0.3) is 10.1 Å². The Morgan fingerprint density at radius 2 is 1.75 bits per heavy atom. The lowest BCUT2D eigenvalue weighted by molar-refractivity contribution is 0.427. The molecule has 0 aliphatic heterocycles. The van der Waals surface area contributed by atoms with Crippen LogP contribution in [0.25, 0.3) is 0 Å². The third-order valence-electron chi connectivity index (χ3n) is 5.38. The number of hydrogen-bond donors (Lipinski definition) is 1. The zero-order valence-corrected chi connectivity index (χ0v) is 19.3. The lowest BCUT2D eigenvalue weighted by Gasteiger charge is -2.12. The molecule has 0 heterocycles. The molecule has 0 saturated carbocycles. The van der Waals surface area contributed by atoms with Crippen LogP contribution in [0.3, 0.4) is 0 Å². The molecule has 160 valence electrons. The van der Waals surface area contributed by atoms with Crippen LogP contribution in [0.15, 0.2) is 34.7 Å². The Bertz CT molecular complexity index is 717. The van der Waals surface area contributed by atoms with Crippen molar-refractivity contribution in [2.24, 2.45) is 11.8 Å². The van der Waals surface area contributed by atoms with Gasteiger partial charge < -0.3 is 0 Å². The van der Waals surface area contributed by atoms with Gasteiger partial charge in [0, 0.05) is 0 Å². The predicted octanol–water partition coefficient (Wildman–Crippen LogP) is 7.14. The maximum absolute atomic E-state index is 11.5. The summed E-state index contributed by atoms with van der Waals surface area (Å²) in [5.74, 6) is 1.62. The van der Waals surface area contributed by atoms with E-state index in [2.05, 4.69) is 33.8 Å². The minimum atomic E-state index is -4.15. The van der Waals surface area contributed by atoms with Gasteiger partial charge in [-0.15, -0.1) is 0 Å². The van der Waals surface area contributed by atoms with Gasteiger partial charge in [0.1, 0.15) is 0 Å². The molecule has 1 rings (SSSR count). The van der Waals surface area contributed by atoms with Crippen LogP contribution in [0, 0.1) is 18.8 Å². The lowest BCUT2D eigenvalue weighted by Crippen LogP contribution is -2.03. The topological polar surface area (TPSA) is 54.4 Å². The van der Waals surface area contributed by atoms with Crippen LogP contribution in [0.4, 0.5) is 0 Å². The van der Waals surface area contributed by atoms with Crippen molar-refractivity contribution in [3.05, 3.63) is 41.0 Å². The Morgan fingerprint density at radius 3 is 2.39 bits per heavy atom. The summed E-state index contributed by atoms with van der Waals surface area (Å²) >= 11 is 0. The average molecular weight is 409 g/mol. The third kappa shape index (κ3) is 10.4. The highest BCUT2D eigenvalue weighted by Crippen LogP contribution is 2.21. The van der Waals surface area contributed by atoms with Crippen LogP contribution in [0.1, 0.15) is 90.2 Å². The van der Waals surface area contributed by atoms with Crippen molar-refractivity contribution in [3.8, 4) is 0 Å². The van der Waals surface area contributed by atoms with E-state index < -0.39 is 10.1 Å². The van der Waals surface area contributed by atoms with Crippen LogP contribution in [0.5, 0.6) is 0 Å². The molecule has 0 bridgehead atoms. The summed E-state index contributed by atoms with van der Waals surface area (Å²) in [7, 11) is -4.15. The van der Waals surface area contributed by atoms with Crippen LogP contribution >= 0.6 is 0 Å². The monoisotopic (exact) mass is 408 g/mol. The van der Waals surface area contributed by atoms with Gasteiger partial charge >= 0.3 is 0 Å². The number of rotatable bonds is 13. The first-order chi connectivity index (χ1) is 13.1. The SMILES string of the molecule is C/C(=C\CCCc1cc(C)ccc1S(=O)(=O)O)CCCC(C)CCCC(C)C. The molecule has 1 atom stereocenters. The molecule has 0 spiro atoms. The summed E-state index contributed by atoms with van der Waals surface area (Å²) in [6.07, 6.45) is 12.5. The summed E-state index contributed by atoms with van der Waals surface area (Å²) in [4.78, 5) is 0.0465. The highest BCUT2D eigenvalue weighted by molar-refractivity contribution is 7.85. The lowest BCUT2D eigenvalue weighted by atomic mass is 9.94. The molecule has 0 aromatic heterocycles. The number of benzene rings is 1. The summed E-state index contributed by atoms with van der Waals surface area (Å²) in [5, 5.41) is 0. The number of unbranched alkanes of at least 4 members (excludes halogenated alkanes) is 1. The summed E-state index contributed by atoms with van der Waals surface area (Å²) in [6, 6.07) is 5.09. The van der Waals surface area contributed by atoms with E-state index in [1.54, 1.807) is 6.07 Å². The zero-order chi connectivity index (χ0) is 21.2. The Labute approximate surface area is 173 Å². The zero-order valence-electron chi connectivity index (χ0n) is 18.5. The fourth-order valence-corrected chi connectivity index (χ4v) is 4.38. The maximum atomic E-state index is 11.5. The van der Waals surface area contributed by atoms with Crippen molar-refractivity contribution in [2.45, 2.75) is 97.3 Å². The van der Waals surface area contributed by atoms with Crippen LogP contribution in [-0.2, 0) is 16.5 Å². The van der Waals surface area contributed by atoms with Gasteiger partial charge in [-0.3, -0.25) is 4.55 Å². The molecule has 0 aliphatic rings. The molecular formula is C24H40O3S. The third-order valence-corrected chi connectivity index (χ3v) is 6.34. The Morgan fingerprint density at radius 1 is 1.07 bits per heavy atom. The van der Waals surface area contributed by atoms with Crippen molar-refractivity contribution < 1.29 is 13.0 Å². The molecule has 3 nitrogen and oxygen atoms in total. The fourth-order valence-electron chi connectivity index (χ4n) is 3.65. The van der Waals surface area contributed by atoms with Gasteiger partial charge in [0.2, 0.25) is 0 Å². The van der Waals surface area contributed by atoms with E-state index in [0.29, 0.717) is 12.0 Å². The molecular weight excluding hydrogens is 368 g/mol. The second-order valence-corrected chi connectivity index (χ2v) is 10.2. The van der Waals surface area contributed by atoms with Crippen LogP contribution < -0.4 is 0 Å². The standard InChI is InChI=1S/C24H40O3S/c1-19(2)10-8-12-21(4)14-9-13-20(3)11-6-7-15-23-18-22(5)16-17-24(23)28(25,26)27/h11,16-19,21H,6-10,12-15H2,1-5H3,(H,25,26,27)/b20-11+. The van der Waals surface area contributed by atoms with Gasteiger partial charge in [-0.2, -0.15) is 8.42 Å². The van der Waals surface area contributed by atoms with E-state index in [4.69, 9.17) is 0 Å². The first-order valence-corrected chi connectivity index (χ1v) is 12.3. The molecule has 0 radical (unpaired) electrons. The minimum Gasteiger partial charge on any atom is -0.282 e. The van der Waals surface area contributed by atoms with Crippen LogP contribution in [-0.4, -0.2) is 13.0 Å². The number of aryl methyl sites for hydroxylation is 2. The normalized spacial score (nSPS) is 13.9. The van der Waals surface area contributed by atoms with Gasteiger partial charge in [-0.25, -0.2) is 0 Å². The van der Waals surface area contributed by atoms with E-state index >= 15 is 0 Å². The van der Waals surface area contributed by atoms with Gasteiger partial charge in [0.15, 0.2) is 0 Å². The molecule has 1 N–H and O–H groups in total. The van der Waals surface area contributed by atoms with Crippen molar-refractivity contribution in [3.63, 3.8) is 0 Å². The number of allylic oxidation sites excluding steroid dienone is 2. The summed E-state index contributed by atoms with van der Waals surface area (Å²) in [6.45, 7) is 11.1. The van der Waals surface area contributed by atoms with E-state index in [-0.39, 0.29) is 4.90 Å². The Balaban J connectivity index is 2.35. The quantitative estimate of drug-likeness (QED) is 0.214. The fraction of sp³-hybridized carbons (Fsp3) is 0.667. The molecule has 1 aromatic rings. The van der Waals surface area contributed by atoms with Crippen molar-refractivity contribution in [2.75, 3.05) is 0 Å². The molecule has 1 unspecified atom stereocenters. The Kier molecular flexibility index (Phi) is 11.1. The molecule has 4 heteroatoms. The summed E-state index contributed by atoms with van der Waals surface area (Å²) in [5.41, 5.74) is 3.15. The van der Waals surface area contributed by atoms with E-state index in [1.807, 2.05) is 13.0 Å². The smallest absolute Gasteiger partial charge is 0.282 e. The second-order valence-electron chi connectivity index (χ2n) is 8.85. The maximum Gasteiger partial charge on any atom is 0.294 e. The van der Waals surface area contributed by atoms with E-state index in [1.165, 1.54) is 43.7 Å². The molecule has 0 saturated heterocycles. The van der Waals surface area contributed by atoms with Crippen molar-refractivity contribution >= 4 is 10.1 Å². The average Bonchev–Trinajstić information content (AvgIpc) is 2.57. The minimum absolute atomic E-state index is 0.0465. The second kappa shape index (κ2) is 12.4. The first kappa shape index (κ1) is 24.9. The number of hydrogen-bond acceptors (Lipinski definition) is 2. The van der Waals surface area contributed by atoms with Gasteiger partial charge in [-0.05, 0) is 69.4 Å².